The largest absolute Gasteiger partial charge is 0.494 e. The Balaban J connectivity index is 1.20. The van der Waals surface area contributed by atoms with Gasteiger partial charge in [-0.1, -0.05) is 18.0 Å². The maximum Gasteiger partial charge on any atom is 0.240 e. The van der Waals surface area contributed by atoms with Gasteiger partial charge in [0.1, 0.15) is 5.75 Å². The van der Waals surface area contributed by atoms with Gasteiger partial charge in [-0.25, -0.2) is 13.1 Å². The molecule has 0 unspecified atom stereocenters. The van der Waals surface area contributed by atoms with Crippen LogP contribution >= 0.6 is 11.6 Å². The maximum absolute atomic E-state index is 12.6. The molecule has 1 fully saturated rings. The number of fused-ring (bicyclic) bond motifs is 1. The molecule has 0 radical (unpaired) electrons. The fourth-order valence-electron chi connectivity index (χ4n) is 4.30. The number of halogens is 1. The van der Waals surface area contributed by atoms with E-state index < -0.39 is 10.0 Å². The van der Waals surface area contributed by atoms with Crippen molar-refractivity contribution in [3.05, 3.63) is 59.2 Å². The first-order chi connectivity index (χ1) is 16.0. The van der Waals surface area contributed by atoms with Gasteiger partial charge >= 0.3 is 0 Å². The molecular weight excluding hydrogens is 458 g/mol. The van der Waals surface area contributed by atoms with Gasteiger partial charge in [0.05, 0.1) is 11.5 Å². The van der Waals surface area contributed by atoms with Crippen LogP contribution in [-0.4, -0.2) is 51.1 Å². The van der Waals surface area contributed by atoms with Gasteiger partial charge in [-0.15, -0.1) is 0 Å². The summed E-state index contributed by atoms with van der Waals surface area (Å²) in [5.41, 5.74) is 2.16. The number of piperidine rings is 1. The van der Waals surface area contributed by atoms with E-state index in [0.29, 0.717) is 30.3 Å². The number of benzene rings is 2. The van der Waals surface area contributed by atoms with Crippen LogP contribution in [0, 0.1) is 0 Å². The highest BCUT2D eigenvalue weighted by molar-refractivity contribution is 7.89. The molecule has 6 nitrogen and oxygen atoms in total. The standard InChI is InChI=1S/C25H32ClN3O3S/c26-21-7-12-25-24(18-21)20(19-27-25)6-4-13-28-33(30,31)23-10-8-22(9-11-23)32-17-5-16-29-14-2-1-3-15-29/h7-12,18-19,27-28H,1-6,13-17H2. The zero-order chi connectivity index (χ0) is 23.1. The minimum absolute atomic E-state index is 0.252. The van der Waals surface area contributed by atoms with Crippen molar-refractivity contribution < 1.29 is 13.2 Å². The zero-order valence-corrected chi connectivity index (χ0v) is 20.4. The monoisotopic (exact) mass is 489 g/mol. The number of aromatic amines is 1. The molecule has 2 heterocycles. The molecule has 3 aromatic rings. The highest BCUT2D eigenvalue weighted by atomic mass is 35.5. The van der Waals surface area contributed by atoms with E-state index in [1.807, 2.05) is 24.4 Å². The molecule has 0 saturated carbocycles. The van der Waals surface area contributed by atoms with Crippen LogP contribution in [0.3, 0.4) is 0 Å². The van der Waals surface area contributed by atoms with Crippen molar-refractivity contribution in [3.8, 4) is 5.75 Å². The molecule has 1 aromatic heterocycles. The van der Waals surface area contributed by atoms with Gasteiger partial charge in [0, 0.05) is 35.2 Å². The Morgan fingerprint density at radius 1 is 1.03 bits per heavy atom. The van der Waals surface area contributed by atoms with Crippen molar-refractivity contribution in [2.24, 2.45) is 0 Å². The summed E-state index contributed by atoms with van der Waals surface area (Å²) in [5, 5.41) is 1.77. The van der Waals surface area contributed by atoms with Gasteiger partial charge < -0.3 is 14.6 Å². The molecule has 0 amide bonds. The summed E-state index contributed by atoms with van der Waals surface area (Å²) in [6, 6.07) is 12.4. The predicted molar refractivity (Wildman–Crippen MR) is 134 cm³/mol. The summed E-state index contributed by atoms with van der Waals surface area (Å²) in [5.74, 6) is 0.700. The molecule has 178 valence electrons. The number of hydrogen-bond donors (Lipinski definition) is 2. The van der Waals surface area contributed by atoms with Crippen molar-refractivity contribution in [1.82, 2.24) is 14.6 Å². The van der Waals surface area contributed by atoms with Gasteiger partial charge in [-0.05, 0) is 93.2 Å². The van der Waals surface area contributed by atoms with Crippen LogP contribution in [-0.2, 0) is 16.4 Å². The molecule has 0 spiro atoms. The van der Waals surface area contributed by atoms with Crippen LogP contribution in [0.4, 0.5) is 0 Å². The Kier molecular flexibility index (Phi) is 8.30. The summed E-state index contributed by atoms with van der Waals surface area (Å²) < 4.78 is 33.7. The van der Waals surface area contributed by atoms with Gasteiger partial charge in [0.15, 0.2) is 0 Å². The molecule has 1 aliphatic rings. The Bertz CT molecular complexity index is 1140. The zero-order valence-electron chi connectivity index (χ0n) is 18.9. The molecule has 0 bridgehead atoms. The van der Waals surface area contributed by atoms with E-state index >= 15 is 0 Å². The summed E-state index contributed by atoms with van der Waals surface area (Å²) in [4.78, 5) is 5.97. The second-order valence-electron chi connectivity index (χ2n) is 8.58. The first-order valence-corrected chi connectivity index (χ1v) is 13.6. The van der Waals surface area contributed by atoms with E-state index in [4.69, 9.17) is 16.3 Å². The number of ether oxygens (including phenoxy) is 1. The third-order valence-electron chi connectivity index (χ3n) is 6.11. The van der Waals surface area contributed by atoms with Crippen LogP contribution < -0.4 is 9.46 Å². The van der Waals surface area contributed by atoms with Crippen molar-refractivity contribution in [3.63, 3.8) is 0 Å². The fourth-order valence-corrected chi connectivity index (χ4v) is 5.55. The number of rotatable bonds is 11. The average Bonchev–Trinajstić information content (AvgIpc) is 3.22. The lowest BCUT2D eigenvalue weighted by Crippen LogP contribution is -2.31. The molecule has 2 aromatic carbocycles. The summed E-state index contributed by atoms with van der Waals surface area (Å²) in [6.45, 7) is 4.44. The lowest BCUT2D eigenvalue weighted by molar-refractivity contribution is 0.205. The molecule has 33 heavy (non-hydrogen) atoms. The Morgan fingerprint density at radius 3 is 2.61 bits per heavy atom. The van der Waals surface area contributed by atoms with E-state index in [1.165, 1.54) is 32.4 Å². The summed E-state index contributed by atoms with van der Waals surface area (Å²) in [6.07, 6.45) is 8.32. The van der Waals surface area contributed by atoms with Crippen LogP contribution in [0.15, 0.2) is 53.6 Å². The molecule has 1 aliphatic heterocycles. The van der Waals surface area contributed by atoms with Crippen LogP contribution in [0.1, 0.15) is 37.7 Å². The van der Waals surface area contributed by atoms with E-state index in [0.717, 1.165) is 35.9 Å². The highest BCUT2D eigenvalue weighted by Crippen LogP contribution is 2.23. The SMILES string of the molecule is O=S(=O)(NCCCc1c[nH]c2ccc(Cl)cc12)c1ccc(OCCCN2CCCCC2)cc1. The Labute approximate surface area is 201 Å². The quantitative estimate of drug-likeness (QED) is 0.372. The predicted octanol–water partition coefficient (Wildman–Crippen LogP) is 4.99. The van der Waals surface area contributed by atoms with E-state index in [9.17, 15) is 8.42 Å². The van der Waals surface area contributed by atoms with Crippen LogP contribution in [0.5, 0.6) is 5.75 Å². The topological polar surface area (TPSA) is 74.4 Å². The minimum Gasteiger partial charge on any atom is -0.494 e. The number of aromatic nitrogens is 1. The third-order valence-corrected chi connectivity index (χ3v) is 7.83. The number of nitrogens with zero attached hydrogens (tertiary/aromatic N) is 1. The van der Waals surface area contributed by atoms with Gasteiger partial charge in [-0.3, -0.25) is 0 Å². The number of aryl methyl sites for hydroxylation is 1. The van der Waals surface area contributed by atoms with Gasteiger partial charge in [0.2, 0.25) is 10.0 Å². The van der Waals surface area contributed by atoms with Crippen molar-refractivity contribution in [2.75, 3.05) is 32.8 Å². The number of H-pyrrole nitrogens is 1. The van der Waals surface area contributed by atoms with E-state index in [-0.39, 0.29) is 4.90 Å². The molecule has 1 saturated heterocycles. The highest BCUT2D eigenvalue weighted by Gasteiger charge is 2.14. The number of sulfonamides is 1. The maximum atomic E-state index is 12.6. The van der Waals surface area contributed by atoms with E-state index in [2.05, 4.69) is 14.6 Å². The Morgan fingerprint density at radius 2 is 1.82 bits per heavy atom. The van der Waals surface area contributed by atoms with Crippen LogP contribution in [0.2, 0.25) is 5.02 Å². The summed E-state index contributed by atoms with van der Waals surface area (Å²) in [7, 11) is -3.55. The van der Waals surface area contributed by atoms with Crippen molar-refractivity contribution >= 4 is 32.5 Å². The molecular formula is C25H32ClN3O3S. The first kappa shape index (κ1) is 24.1. The van der Waals surface area contributed by atoms with Crippen molar-refractivity contribution in [2.45, 2.75) is 43.4 Å². The van der Waals surface area contributed by atoms with Gasteiger partial charge in [0.25, 0.3) is 0 Å². The molecule has 4 rings (SSSR count). The average molecular weight is 490 g/mol. The lowest BCUT2D eigenvalue weighted by Gasteiger charge is -2.26. The second kappa shape index (κ2) is 11.4. The van der Waals surface area contributed by atoms with Crippen LogP contribution in [0.25, 0.3) is 10.9 Å². The molecule has 8 heteroatoms. The smallest absolute Gasteiger partial charge is 0.240 e. The lowest BCUT2D eigenvalue weighted by atomic mass is 10.1. The number of hydrogen-bond acceptors (Lipinski definition) is 4. The third kappa shape index (κ3) is 6.73. The van der Waals surface area contributed by atoms with Gasteiger partial charge in [-0.2, -0.15) is 0 Å². The van der Waals surface area contributed by atoms with E-state index in [1.54, 1.807) is 24.3 Å². The number of likely N-dealkylation sites (tertiary alicyclic amines) is 1. The summed E-state index contributed by atoms with van der Waals surface area (Å²) >= 11 is 6.10. The number of nitrogens with one attached hydrogen (secondary N) is 2. The Hall–Kier alpha value is -2.06. The molecule has 2 N–H and O–H groups in total. The molecule has 0 atom stereocenters. The van der Waals surface area contributed by atoms with Crippen molar-refractivity contribution in [1.29, 1.82) is 0 Å². The second-order valence-corrected chi connectivity index (χ2v) is 10.8. The minimum atomic E-state index is -3.55. The molecule has 0 aliphatic carbocycles. The first-order valence-electron chi connectivity index (χ1n) is 11.7. The fraction of sp³-hybridized carbons (Fsp3) is 0.440. The normalized spacial score (nSPS) is 15.2.